The minimum absolute atomic E-state index is 0.267. The van der Waals surface area contributed by atoms with Crippen LogP contribution in [0.15, 0.2) is 24.3 Å². The molecule has 0 spiro atoms. The standard InChI is InChI=1S/C8H10BNO2S/c9-8(11)12-5-6-1-3-7(10-13)4-2-6/h1-4,10,13H,5,9H2. The highest BCUT2D eigenvalue weighted by Crippen LogP contribution is 2.10. The fourth-order valence-corrected chi connectivity index (χ4v) is 1.01. The van der Waals surface area contributed by atoms with Gasteiger partial charge in [0.25, 0.3) is 0 Å². The molecule has 1 aromatic rings. The highest BCUT2D eigenvalue weighted by atomic mass is 32.1. The molecule has 13 heavy (non-hydrogen) atoms. The molecule has 0 amide bonds. The fraction of sp³-hybridized carbons (Fsp3) is 0.125. The Kier molecular flexibility index (Phi) is 3.70. The van der Waals surface area contributed by atoms with Crippen LogP contribution in [-0.2, 0) is 11.3 Å². The van der Waals surface area contributed by atoms with Crippen molar-refractivity contribution in [1.82, 2.24) is 0 Å². The number of hydrogen-bond donors (Lipinski definition) is 2. The van der Waals surface area contributed by atoms with Gasteiger partial charge >= 0.3 is 0 Å². The quantitative estimate of drug-likeness (QED) is 0.562. The monoisotopic (exact) mass is 195 g/mol. The number of benzene rings is 1. The third-order valence-corrected chi connectivity index (χ3v) is 1.78. The molecule has 0 unspecified atom stereocenters. The third-order valence-electron chi connectivity index (χ3n) is 1.53. The number of hydrogen-bond acceptors (Lipinski definition) is 4. The van der Waals surface area contributed by atoms with Crippen molar-refractivity contribution in [1.29, 1.82) is 0 Å². The highest BCUT2D eigenvalue weighted by Gasteiger charge is 1.95. The van der Waals surface area contributed by atoms with Gasteiger partial charge in [0.15, 0.2) is 0 Å². The molecule has 0 saturated heterocycles. The van der Waals surface area contributed by atoms with Crippen LogP contribution in [0, 0.1) is 0 Å². The zero-order valence-corrected chi connectivity index (χ0v) is 8.17. The summed E-state index contributed by atoms with van der Waals surface area (Å²) >= 11 is 3.89. The first-order chi connectivity index (χ1) is 6.22. The zero-order chi connectivity index (χ0) is 9.68. The van der Waals surface area contributed by atoms with Crippen LogP contribution >= 0.6 is 12.8 Å². The van der Waals surface area contributed by atoms with Gasteiger partial charge in [-0.1, -0.05) is 24.9 Å². The molecule has 68 valence electrons. The van der Waals surface area contributed by atoms with Gasteiger partial charge in [-0.25, -0.2) is 0 Å². The molecule has 0 aromatic heterocycles. The maximum absolute atomic E-state index is 10.5. The molecule has 1 aromatic carbocycles. The first-order valence-electron chi connectivity index (χ1n) is 3.85. The number of carbonyl (C=O) groups is 1. The van der Waals surface area contributed by atoms with E-state index >= 15 is 0 Å². The summed E-state index contributed by atoms with van der Waals surface area (Å²) in [6.45, 7) is 0.322. The van der Waals surface area contributed by atoms with Crippen molar-refractivity contribution in [2.75, 3.05) is 4.72 Å². The van der Waals surface area contributed by atoms with Crippen molar-refractivity contribution in [3.63, 3.8) is 0 Å². The highest BCUT2D eigenvalue weighted by molar-refractivity contribution is 7.81. The number of anilines is 1. The average molecular weight is 195 g/mol. The minimum Gasteiger partial charge on any atom is -0.469 e. The normalized spacial score (nSPS) is 9.31. The summed E-state index contributed by atoms with van der Waals surface area (Å²) in [7, 11) is 1.39. The largest absolute Gasteiger partial charge is 0.469 e. The average Bonchev–Trinajstić information content (AvgIpc) is 2.15. The van der Waals surface area contributed by atoms with E-state index in [9.17, 15) is 4.79 Å². The maximum Gasteiger partial charge on any atom is 0.243 e. The van der Waals surface area contributed by atoms with Gasteiger partial charge in [-0.3, -0.25) is 4.79 Å². The predicted octanol–water partition coefficient (Wildman–Crippen LogP) is 1.21. The first-order valence-corrected chi connectivity index (χ1v) is 4.29. The minimum atomic E-state index is -0.267. The summed E-state index contributed by atoms with van der Waals surface area (Å²) in [6.07, 6.45) is 0. The second-order valence-electron chi connectivity index (χ2n) is 2.59. The van der Waals surface area contributed by atoms with Gasteiger partial charge in [0.2, 0.25) is 13.7 Å². The van der Waals surface area contributed by atoms with E-state index in [2.05, 4.69) is 17.5 Å². The maximum atomic E-state index is 10.5. The van der Waals surface area contributed by atoms with Gasteiger partial charge in [0.05, 0.1) is 0 Å². The first kappa shape index (κ1) is 9.99. The van der Waals surface area contributed by atoms with Crippen molar-refractivity contribution in [3.8, 4) is 0 Å². The van der Waals surface area contributed by atoms with Crippen LogP contribution < -0.4 is 4.72 Å². The smallest absolute Gasteiger partial charge is 0.243 e. The number of ether oxygens (including phenoxy) is 1. The third kappa shape index (κ3) is 3.42. The van der Waals surface area contributed by atoms with E-state index in [1.165, 1.54) is 7.85 Å². The second-order valence-corrected chi connectivity index (χ2v) is 2.81. The summed E-state index contributed by atoms with van der Waals surface area (Å²) in [5.74, 6) is -0.267. The molecule has 1 rings (SSSR count). The van der Waals surface area contributed by atoms with Crippen molar-refractivity contribution in [2.45, 2.75) is 6.61 Å². The molecule has 0 radical (unpaired) electrons. The lowest BCUT2D eigenvalue weighted by Gasteiger charge is -2.03. The number of carbonyl (C=O) groups excluding carboxylic acids is 1. The fourth-order valence-electron chi connectivity index (χ4n) is 0.860. The van der Waals surface area contributed by atoms with Crippen molar-refractivity contribution < 1.29 is 9.53 Å². The Balaban J connectivity index is 2.54. The van der Waals surface area contributed by atoms with Gasteiger partial charge in [0, 0.05) is 5.69 Å². The Morgan fingerprint density at radius 3 is 2.54 bits per heavy atom. The summed E-state index contributed by atoms with van der Waals surface area (Å²) in [4.78, 5) is 10.5. The molecular formula is C8H10BNO2S. The van der Waals surface area contributed by atoms with Crippen molar-refractivity contribution >= 4 is 32.2 Å². The van der Waals surface area contributed by atoms with Crippen molar-refractivity contribution in [2.24, 2.45) is 0 Å². The molecule has 1 N–H and O–H groups in total. The number of thiol groups is 1. The Morgan fingerprint density at radius 1 is 1.46 bits per heavy atom. The van der Waals surface area contributed by atoms with E-state index in [4.69, 9.17) is 4.74 Å². The lowest BCUT2D eigenvalue weighted by atomic mass is 10.2. The van der Waals surface area contributed by atoms with E-state index < -0.39 is 0 Å². The van der Waals surface area contributed by atoms with E-state index in [1.807, 2.05) is 24.3 Å². The summed E-state index contributed by atoms with van der Waals surface area (Å²) in [5, 5.41) is 0. The molecular weight excluding hydrogens is 185 g/mol. The molecule has 0 fully saturated rings. The zero-order valence-electron chi connectivity index (χ0n) is 7.28. The topological polar surface area (TPSA) is 38.3 Å². The van der Waals surface area contributed by atoms with Crippen LogP contribution in [0.2, 0.25) is 0 Å². The Morgan fingerprint density at radius 2 is 2.08 bits per heavy atom. The van der Waals surface area contributed by atoms with Crippen LogP contribution in [0.3, 0.4) is 0 Å². The van der Waals surface area contributed by atoms with E-state index in [1.54, 1.807) is 0 Å². The molecule has 0 bridgehead atoms. The van der Waals surface area contributed by atoms with Gasteiger partial charge in [0.1, 0.15) is 6.61 Å². The van der Waals surface area contributed by atoms with Gasteiger partial charge in [-0.2, -0.15) is 0 Å². The Bertz CT molecular complexity index is 289. The molecule has 3 nitrogen and oxygen atoms in total. The van der Waals surface area contributed by atoms with Crippen molar-refractivity contribution in [3.05, 3.63) is 29.8 Å². The van der Waals surface area contributed by atoms with Gasteiger partial charge in [-0.15, -0.1) is 0 Å². The SMILES string of the molecule is BC(=O)OCc1ccc(NS)cc1. The predicted molar refractivity (Wildman–Crippen MR) is 57.8 cm³/mol. The Labute approximate surface area is 83.4 Å². The molecule has 0 saturated carbocycles. The Hall–Kier alpha value is -1.10. The van der Waals surface area contributed by atoms with Crippen LogP contribution in [0.5, 0.6) is 0 Å². The number of rotatable bonds is 3. The molecule has 0 aliphatic heterocycles. The molecule has 0 atom stereocenters. The number of nitrogens with one attached hydrogen (secondary N) is 1. The molecule has 0 aliphatic rings. The van der Waals surface area contributed by atoms with E-state index in [0.29, 0.717) is 6.61 Å². The van der Waals surface area contributed by atoms with Gasteiger partial charge in [-0.05, 0) is 17.7 Å². The van der Waals surface area contributed by atoms with E-state index in [-0.39, 0.29) is 5.87 Å². The summed E-state index contributed by atoms with van der Waals surface area (Å²) in [5.41, 5.74) is 1.87. The van der Waals surface area contributed by atoms with Crippen LogP contribution in [-0.4, -0.2) is 13.7 Å². The van der Waals surface area contributed by atoms with Crippen LogP contribution in [0.1, 0.15) is 5.56 Å². The van der Waals surface area contributed by atoms with Gasteiger partial charge < -0.3 is 9.46 Å². The summed E-state index contributed by atoms with van der Waals surface area (Å²) in [6, 6.07) is 7.49. The molecule has 5 heteroatoms. The van der Waals surface area contributed by atoms with Crippen LogP contribution in [0.4, 0.5) is 10.5 Å². The van der Waals surface area contributed by atoms with E-state index in [0.717, 1.165) is 11.3 Å². The lowest BCUT2D eigenvalue weighted by molar-refractivity contribution is 0.167. The van der Waals surface area contributed by atoms with Crippen LogP contribution in [0.25, 0.3) is 0 Å². The molecule has 0 aliphatic carbocycles. The molecule has 0 heterocycles. The second kappa shape index (κ2) is 4.82. The summed E-state index contributed by atoms with van der Waals surface area (Å²) < 4.78 is 7.53. The lowest BCUT2D eigenvalue weighted by Crippen LogP contribution is -2.00.